The summed E-state index contributed by atoms with van der Waals surface area (Å²) in [6.45, 7) is 6.44. The number of benzene rings is 1. The molecular formula is C17H25NO6. The van der Waals surface area contributed by atoms with E-state index in [0.29, 0.717) is 19.0 Å². The molecule has 0 aliphatic heterocycles. The molecule has 1 aromatic rings. The zero-order chi connectivity index (χ0) is 18.0. The molecule has 0 heterocycles. The van der Waals surface area contributed by atoms with E-state index in [1.165, 1.54) is 12.1 Å². The van der Waals surface area contributed by atoms with Crippen molar-refractivity contribution in [3.8, 4) is 5.75 Å². The lowest BCUT2D eigenvalue weighted by atomic mass is 10.2. The van der Waals surface area contributed by atoms with Gasteiger partial charge in [-0.2, -0.15) is 0 Å². The molecule has 1 aromatic carbocycles. The normalized spacial score (nSPS) is 11.1. The number of non-ortho nitro benzene ring substituents is 1. The van der Waals surface area contributed by atoms with E-state index >= 15 is 0 Å². The van der Waals surface area contributed by atoms with Crippen molar-refractivity contribution in [1.82, 2.24) is 0 Å². The van der Waals surface area contributed by atoms with Crippen LogP contribution < -0.4 is 4.74 Å². The molecule has 0 fully saturated rings. The summed E-state index contributed by atoms with van der Waals surface area (Å²) in [7, 11) is 0. The van der Waals surface area contributed by atoms with Crippen molar-refractivity contribution in [2.24, 2.45) is 0 Å². The van der Waals surface area contributed by atoms with Crippen molar-refractivity contribution in [3.05, 3.63) is 34.4 Å². The fourth-order valence-electron chi connectivity index (χ4n) is 1.86. The van der Waals surface area contributed by atoms with Crippen LogP contribution in [-0.2, 0) is 14.3 Å². The summed E-state index contributed by atoms with van der Waals surface area (Å²) >= 11 is 0. The summed E-state index contributed by atoms with van der Waals surface area (Å²) in [5.41, 5.74) is -0.445. The Morgan fingerprint density at radius 1 is 1.08 bits per heavy atom. The molecule has 1 rings (SSSR count). The number of nitro groups is 1. The third kappa shape index (κ3) is 9.09. The Bertz CT molecular complexity index is 521. The van der Waals surface area contributed by atoms with Gasteiger partial charge in [-0.05, 0) is 52.2 Å². The second kappa shape index (κ2) is 9.87. The molecule has 0 atom stereocenters. The first kappa shape index (κ1) is 19.9. The number of carbonyl (C=O) groups excluding carboxylic acids is 1. The lowest BCUT2D eigenvalue weighted by molar-refractivity contribution is -0.384. The molecule has 7 nitrogen and oxygen atoms in total. The van der Waals surface area contributed by atoms with Gasteiger partial charge in [0.2, 0.25) is 0 Å². The standard InChI is InChI=1S/C17H25NO6/c1-17(2,3)24-16(19)13-22-11-5-4-6-12-23-15-9-7-14(8-10-15)18(20)21/h7-10H,4-6,11-13H2,1-3H3. The zero-order valence-corrected chi connectivity index (χ0v) is 14.4. The van der Waals surface area contributed by atoms with Crippen LogP contribution in [0.25, 0.3) is 0 Å². The molecule has 7 heteroatoms. The minimum absolute atomic E-state index is 0.0312. The molecule has 0 radical (unpaired) electrons. The van der Waals surface area contributed by atoms with Gasteiger partial charge in [0.15, 0.2) is 0 Å². The first-order chi connectivity index (χ1) is 11.3. The van der Waals surface area contributed by atoms with Gasteiger partial charge in [-0.1, -0.05) is 0 Å². The first-order valence-electron chi connectivity index (χ1n) is 7.95. The van der Waals surface area contributed by atoms with E-state index < -0.39 is 10.5 Å². The highest BCUT2D eigenvalue weighted by molar-refractivity contribution is 5.71. The van der Waals surface area contributed by atoms with Crippen molar-refractivity contribution in [2.75, 3.05) is 19.8 Å². The van der Waals surface area contributed by atoms with Crippen molar-refractivity contribution in [2.45, 2.75) is 45.6 Å². The van der Waals surface area contributed by atoms with Crippen LogP contribution in [0.15, 0.2) is 24.3 Å². The lowest BCUT2D eigenvalue weighted by Crippen LogP contribution is -2.26. The van der Waals surface area contributed by atoms with Gasteiger partial charge in [0.05, 0.1) is 11.5 Å². The molecule has 0 spiro atoms. The van der Waals surface area contributed by atoms with E-state index in [1.54, 1.807) is 12.1 Å². The van der Waals surface area contributed by atoms with Crippen LogP contribution in [0.5, 0.6) is 5.75 Å². The summed E-state index contributed by atoms with van der Waals surface area (Å²) in [5.74, 6) is 0.255. The number of nitrogens with zero attached hydrogens (tertiary/aromatic N) is 1. The first-order valence-corrected chi connectivity index (χ1v) is 7.95. The van der Waals surface area contributed by atoms with Gasteiger partial charge in [-0.3, -0.25) is 10.1 Å². The number of hydrogen-bond donors (Lipinski definition) is 0. The molecule has 24 heavy (non-hydrogen) atoms. The van der Waals surface area contributed by atoms with Crippen LogP contribution in [-0.4, -0.2) is 36.3 Å². The summed E-state index contributed by atoms with van der Waals surface area (Å²) in [5, 5.41) is 10.5. The highest BCUT2D eigenvalue weighted by atomic mass is 16.6. The molecule has 0 saturated heterocycles. The summed E-state index contributed by atoms with van der Waals surface area (Å²) in [6.07, 6.45) is 2.57. The molecule has 0 aliphatic carbocycles. The number of unbranched alkanes of at least 4 members (excludes halogenated alkanes) is 2. The minimum atomic E-state index is -0.490. The second-order valence-corrected chi connectivity index (χ2v) is 6.30. The van der Waals surface area contributed by atoms with Gasteiger partial charge in [0.1, 0.15) is 18.0 Å². The molecule has 0 aromatic heterocycles. The van der Waals surface area contributed by atoms with E-state index in [-0.39, 0.29) is 18.3 Å². The van der Waals surface area contributed by atoms with E-state index in [2.05, 4.69) is 0 Å². The minimum Gasteiger partial charge on any atom is -0.494 e. The van der Waals surface area contributed by atoms with Crippen molar-refractivity contribution >= 4 is 11.7 Å². The zero-order valence-electron chi connectivity index (χ0n) is 14.4. The summed E-state index contributed by atoms with van der Waals surface area (Å²) in [6, 6.07) is 6.00. The van der Waals surface area contributed by atoms with Crippen LogP contribution in [0.3, 0.4) is 0 Å². The van der Waals surface area contributed by atoms with Crippen LogP contribution in [0.1, 0.15) is 40.0 Å². The highest BCUT2D eigenvalue weighted by Gasteiger charge is 2.15. The molecule has 0 bridgehead atoms. The van der Waals surface area contributed by atoms with Gasteiger partial charge >= 0.3 is 5.97 Å². The maximum absolute atomic E-state index is 11.4. The van der Waals surface area contributed by atoms with Crippen molar-refractivity contribution < 1.29 is 23.9 Å². The smallest absolute Gasteiger partial charge is 0.332 e. The largest absolute Gasteiger partial charge is 0.494 e. The quantitative estimate of drug-likeness (QED) is 0.280. The van der Waals surface area contributed by atoms with E-state index in [9.17, 15) is 14.9 Å². The molecular weight excluding hydrogens is 314 g/mol. The number of hydrogen-bond acceptors (Lipinski definition) is 6. The van der Waals surface area contributed by atoms with Crippen LogP contribution >= 0.6 is 0 Å². The van der Waals surface area contributed by atoms with Gasteiger partial charge in [-0.15, -0.1) is 0 Å². The van der Waals surface area contributed by atoms with Gasteiger partial charge in [0.25, 0.3) is 5.69 Å². The molecule has 134 valence electrons. The average Bonchev–Trinajstić information content (AvgIpc) is 2.48. The number of nitro benzene ring substituents is 1. The topological polar surface area (TPSA) is 87.9 Å². The number of carbonyl (C=O) groups is 1. The predicted molar refractivity (Wildman–Crippen MR) is 89.1 cm³/mol. The Labute approximate surface area is 142 Å². The Balaban J connectivity index is 2.02. The SMILES string of the molecule is CC(C)(C)OC(=O)COCCCCCOc1ccc([N+](=O)[O-])cc1. The summed E-state index contributed by atoms with van der Waals surface area (Å²) < 4.78 is 15.9. The summed E-state index contributed by atoms with van der Waals surface area (Å²) in [4.78, 5) is 21.5. The van der Waals surface area contributed by atoms with Gasteiger partial charge in [0, 0.05) is 18.7 Å². The third-order valence-corrected chi connectivity index (χ3v) is 2.89. The predicted octanol–water partition coefficient (Wildman–Crippen LogP) is 3.50. The second-order valence-electron chi connectivity index (χ2n) is 6.30. The van der Waals surface area contributed by atoms with E-state index in [4.69, 9.17) is 14.2 Å². The Morgan fingerprint density at radius 3 is 2.29 bits per heavy atom. The number of esters is 1. The fourth-order valence-corrected chi connectivity index (χ4v) is 1.86. The van der Waals surface area contributed by atoms with E-state index in [1.807, 2.05) is 20.8 Å². The molecule has 0 amide bonds. The van der Waals surface area contributed by atoms with Crippen LogP contribution in [0, 0.1) is 10.1 Å². The molecule has 0 aliphatic rings. The average molecular weight is 339 g/mol. The van der Waals surface area contributed by atoms with Crippen LogP contribution in [0.4, 0.5) is 5.69 Å². The van der Waals surface area contributed by atoms with Crippen molar-refractivity contribution in [3.63, 3.8) is 0 Å². The molecule has 0 N–H and O–H groups in total. The lowest BCUT2D eigenvalue weighted by Gasteiger charge is -2.19. The maximum atomic E-state index is 11.4. The monoisotopic (exact) mass is 339 g/mol. The van der Waals surface area contributed by atoms with E-state index in [0.717, 1.165) is 19.3 Å². The maximum Gasteiger partial charge on any atom is 0.332 e. The highest BCUT2D eigenvalue weighted by Crippen LogP contribution is 2.17. The third-order valence-electron chi connectivity index (χ3n) is 2.89. The number of ether oxygens (including phenoxy) is 3. The van der Waals surface area contributed by atoms with Gasteiger partial charge < -0.3 is 14.2 Å². The Hall–Kier alpha value is -2.15. The van der Waals surface area contributed by atoms with Crippen LogP contribution in [0.2, 0.25) is 0 Å². The molecule has 0 unspecified atom stereocenters. The Kier molecular flexibility index (Phi) is 8.18. The number of rotatable bonds is 10. The fraction of sp³-hybridized carbons (Fsp3) is 0.588. The molecule has 0 saturated carbocycles. The van der Waals surface area contributed by atoms with Crippen molar-refractivity contribution in [1.29, 1.82) is 0 Å². The Morgan fingerprint density at radius 2 is 1.71 bits per heavy atom. The van der Waals surface area contributed by atoms with Gasteiger partial charge in [-0.25, -0.2) is 4.79 Å².